The number of methoxy groups -OCH3 is 1. The quantitative estimate of drug-likeness (QED) is 0.612. The van der Waals surface area contributed by atoms with E-state index in [9.17, 15) is 9.59 Å². The first kappa shape index (κ1) is 10.1. The minimum Gasteiger partial charge on any atom is -0.493 e. The molecule has 0 heterocycles. The molecule has 0 N–H and O–H groups in total. The molecule has 0 spiro atoms. The van der Waals surface area contributed by atoms with Crippen LogP contribution in [-0.4, -0.2) is 18.7 Å². The lowest BCUT2D eigenvalue weighted by molar-refractivity contribution is -0.139. The molecule has 0 radical (unpaired) electrons. The first-order chi connectivity index (χ1) is 7.09. The molecule has 15 heavy (non-hydrogen) atoms. The van der Waals surface area contributed by atoms with Crippen LogP contribution in [0.5, 0.6) is 0 Å². The zero-order valence-electron chi connectivity index (χ0n) is 8.95. The number of ether oxygens (including phenoxy) is 1. The zero-order valence-corrected chi connectivity index (χ0v) is 8.95. The van der Waals surface area contributed by atoms with Crippen LogP contribution in [-0.2, 0) is 14.3 Å². The predicted molar refractivity (Wildman–Crippen MR) is 55.1 cm³/mol. The zero-order chi connectivity index (χ0) is 11.1. The summed E-state index contributed by atoms with van der Waals surface area (Å²) in [5.74, 6) is -0.0276. The van der Waals surface area contributed by atoms with Gasteiger partial charge in [-0.05, 0) is 12.8 Å². The summed E-state index contributed by atoms with van der Waals surface area (Å²) >= 11 is 0. The lowest BCUT2D eigenvalue weighted by Gasteiger charge is -2.38. The lowest BCUT2D eigenvalue weighted by Crippen LogP contribution is -2.45. The van der Waals surface area contributed by atoms with Gasteiger partial charge in [0, 0.05) is 17.4 Å². The Labute approximate surface area is 88.8 Å². The molecule has 0 fully saturated rings. The minimum atomic E-state index is -0.591. The molecule has 0 saturated carbocycles. The fraction of sp³-hybridized carbons (Fsp3) is 0.500. The Morgan fingerprint density at radius 2 is 2.13 bits per heavy atom. The summed E-state index contributed by atoms with van der Waals surface area (Å²) in [6.07, 6.45) is 6.58. The molecule has 0 bridgehead atoms. The van der Waals surface area contributed by atoms with Gasteiger partial charge in [-0.2, -0.15) is 0 Å². The first-order valence-electron chi connectivity index (χ1n) is 5.09. The average Bonchev–Trinajstić information content (AvgIpc) is 2.24. The van der Waals surface area contributed by atoms with E-state index in [0.29, 0.717) is 12.8 Å². The van der Waals surface area contributed by atoms with Crippen molar-refractivity contribution in [1.82, 2.24) is 0 Å². The third-order valence-electron chi connectivity index (χ3n) is 3.43. The van der Waals surface area contributed by atoms with E-state index >= 15 is 0 Å². The van der Waals surface area contributed by atoms with Crippen LogP contribution < -0.4 is 0 Å². The molecule has 0 aromatic rings. The van der Waals surface area contributed by atoms with E-state index in [-0.39, 0.29) is 23.2 Å². The lowest BCUT2D eigenvalue weighted by atomic mass is 9.63. The van der Waals surface area contributed by atoms with Crippen molar-refractivity contribution in [3.05, 3.63) is 24.0 Å². The number of ketones is 2. The second-order valence-electron chi connectivity index (χ2n) is 4.33. The Morgan fingerprint density at radius 3 is 2.80 bits per heavy atom. The first-order valence-corrected chi connectivity index (χ1v) is 5.09. The molecule has 2 aliphatic carbocycles. The highest BCUT2D eigenvalue weighted by Crippen LogP contribution is 2.43. The average molecular weight is 206 g/mol. The maximum absolute atomic E-state index is 12.1. The summed E-state index contributed by atoms with van der Waals surface area (Å²) in [6, 6.07) is 0. The Morgan fingerprint density at radius 1 is 1.40 bits per heavy atom. The summed E-state index contributed by atoms with van der Waals surface area (Å²) in [7, 11) is 1.43. The predicted octanol–water partition coefficient (Wildman–Crippen LogP) is 1.64. The van der Waals surface area contributed by atoms with Crippen molar-refractivity contribution in [3.63, 3.8) is 0 Å². The number of hydrogen-bond donors (Lipinski definition) is 0. The number of Topliss-reactive ketones (excluding diaryl/α,β-unsaturated/α-hetero) is 1. The van der Waals surface area contributed by atoms with E-state index in [1.165, 1.54) is 13.2 Å². The van der Waals surface area contributed by atoms with Crippen molar-refractivity contribution in [2.45, 2.75) is 19.8 Å². The molecule has 80 valence electrons. The molecule has 0 amide bonds. The van der Waals surface area contributed by atoms with Crippen LogP contribution in [0.25, 0.3) is 0 Å². The van der Waals surface area contributed by atoms with Gasteiger partial charge in [0.05, 0.1) is 7.11 Å². The van der Waals surface area contributed by atoms with E-state index < -0.39 is 5.41 Å². The number of fused-ring (bicyclic) bond motifs is 1. The van der Waals surface area contributed by atoms with Crippen LogP contribution in [0.2, 0.25) is 0 Å². The van der Waals surface area contributed by atoms with Crippen molar-refractivity contribution in [2.24, 2.45) is 11.3 Å². The fourth-order valence-electron chi connectivity index (χ4n) is 2.37. The van der Waals surface area contributed by atoms with Crippen LogP contribution in [0.3, 0.4) is 0 Å². The van der Waals surface area contributed by atoms with E-state index in [2.05, 4.69) is 0 Å². The highest BCUT2D eigenvalue weighted by Gasteiger charge is 2.49. The van der Waals surface area contributed by atoms with Gasteiger partial charge in [-0.15, -0.1) is 0 Å². The Bertz CT molecular complexity index is 378. The third kappa shape index (κ3) is 1.34. The number of allylic oxidation sites excluding steroid dienone is 4. The molecule has 0 saturated heterocycles. The van der Waals surface area contributed by atoms with Gasteiger partial charge in [0.1, 0.15) is 0 Å². The van der Waals surface area contributed by atoms with Gasteiger partial charge in [-0.1, -0.05) is 19.1 Å². The summed E-state index contributed by atoms with van der Waals surface area (Å²) in [6.45, 7) is 1.85. The van der Waals surface area contributed by atoms with Crippen molar-refractivity contribution < 1.29 is 14.3 Å². The van der Waals surface area contributed by atoms with Crippen molar-refractivity contribution in [2.75, 3.05) is 7.11 Å². The molecule has 0 aromatic heterocycles. The van der Waals surface area contributed by atoms with E-state index in [0.717, 1.165) is 0 Å². The second kappa shape index (κ2) is 3.33. The Hall–Kier alpha value is -1.38. The maximum Gasteiger partial charge on any atom is 0.204 e. The molecule has 0 unspecified atom stereocenters. The van der Waals surface area contributed by atoms with Crippen molar-refractivity contribution >= 4 is 11.6 Å². The van der Waals surface area contributed by atoms with Crippen molar-refractivity contribution in [1.29, 1.82) is 0 Å². The highest BCUT2D eigenvalue weighted by atomic mass is 16.5. The molecule has 3 nitrogen and oxygen atoms in total. The molecular weight excluding hydrogens is 192 g/mol. The monoisotopic (exact) mass is 206 g/mol. The molecule has 3 heteroatoms. The van der Waals surface area contributed by atoms with Gasteiger partial charge in [0.2, 0.25) is 5.78 Å². The van der Waals surface area contributed by atoms with E-state index in [1.807, 2.05) is 19.1 Å². The van der Waals surface area contributed by atoms with Gasteiger partial charge < -0.3 is 4.74 Å². The van der Waals surface area contributed by atoms with Gasteiger partial charge in [0.15, 0.2) is 11.5 Å². The normalized spacial score (nSPS) is 34.8. The van der Waals surface area contributed by atoms with E-state index in [4.69, 9.17) is 4.74 Å². The molecule has 2 aliphatic rings. The topological polar surface area (TPSA) is 43.4 Å². The van der Waals surface area contributed by atoms with Gasteiger partial charge >= 0.3 is 0 Å². The summed E-state index contributed by atoms with van der Waals surface area (Å²) in [5.41, 5.74) is -0.591. The SMILES string of the molecule is COC1=CC(=O)[C@@H]2CC=CC[C@]2(C)C1=O. The Kier molecular flexibility index (Phi) is 2.25. The Balaban J connectivity index is 2.46. The summed E-state index contributed by atoms with van der Waals surface area (Å²) in [4.78, 5) is 23.9. The largest absolute Gasteiger partial charge is 0.493 e. The standard InChI is InChI=1S/C12H14O3/c1-12-6-4-3-5-8(12)9(13)7-10(15-2)11(12)14/h3-4,7-8H,5-6H2,1-2H3/t8-,12-/m0/s1. The van der Waals surface area contributed by atoms with Crippen LogP contribution in [0.4, 0.5) is 0 Å². The van der Waals surface area contributed by atoms with Gasteiger partial charge in [-0.3, -0.25) is 9.59 Å². The van der Waals surface area contributed by atoms with Gasteiger partial charge in [-0.25, -0.2) is 0 Å². The van der Waals surface area contributed by atoms with Crippen LogP contribution in [0.15, 0.2) is 24.0 Å². The van der Waals surface area contributed by atoms with E-state index in [1.54, 1.807) is 0 Å². The number of carbonyl (C=O) groups is 2. The number of hydrogen-bond acceptors (Lipinski definition) is 3. The van der Waals surface area contributed by atoms with Gasteiger partial charge in [0.25, 0.3) is 0 Å². The second-order valence-corrected chi connectivity index (χ2v) is 4.33. The molecule has 2 atom stereocenters. The molecular formula is C12H14O3. The summed E-state index contributed by atoms with van der Waals surface area (Å²) in [5, 5.41) is 0. The van der Waals surface area contributed by atoms with Crippen molar-refractivity contribution in [3.8, 4) is 0 Å². The number of carbonyl (C=O) groups excluding carboxylic acids is 2. The van der Waals surface area contributed by atoms with Crippen LogP contribution >= 0.6 is 0 Å². The third-order valence-corrected chi connectivity index (χ3v) is 3.43. The number of rotatable bonds is 1. The molecule has 0 aromatic carbocycles. The smallest absolute Gasteiger partial charge is 0.204 e. The van der Waals surface area contributed by atoms with Crippen LogP contribution in [0, 0.1) is 11.3 Å². The summed E-state index contributed by atoms with van der Waals surface area (Å²) < 4.78 is 4.95. The maximum atomic E-state index is 12.1. The minimum absolute atomic E-state index is 0.0123. The fourth-order valence-corrected chi connectivity index (χ4v) is 2.37. The molecule has 0 aliphatic heterocycles. The van der Waals surface area contributed by atoms with Crippen LogP contribution in [0.1, 0.15) is 19.8 Å². The highest BCUT2D eigenvalue weighted by molar-refractivity contribution is 6.11. The molecule has 2 rings (SSSR count).